The Balaban J connectivity index is 2.43. The molecule has 0 saturated heterocycles. The van der Waals surface area contributed by atoms with E-state index in [9.17, 15) is 19.2 Å². The maximum absolute atomic E-state index is 13.5. The smallest absolute Gasteiger partial charge is 0.324 e. The molecular formula is C27H32O8. The molecule has 188 valence electrons. The normalized spacial score (nSPS) is 11.7. The minimum Gasteiger partial charge on any atom is -0.466 e. The molecule has 0 amide bonds. The lowest BCUT2D eigenvalue weighted by Crippen LogP contribution is -2.51. The fraction of sp³-hybridized carbons (Fsp3) is 0.407. The fourth-order valence-corrected chi connectivity index (χ4v) is 3.69. The molecule has 8 nitrogen and oxygen atoms in total. The van der Waals surface area contributed by atoms with Crippen LogP contribution in [0.1, 0.15) is 44.7 Å². The summed E-state index contributed by atoms with van der Waals surface area (Å²) in [6, 6.07) is 17.8. The van der Waals surface area contributed by atoms with Gasteiger partial charge in [0.15, 0.2) is 5.41 Å². The first-order chi connectivity index (χ1) is 16.9. The summed E-state index contributed by atoms with van der Waals surface area (Å²) in [4.78, 5) is 52.5. The average Bonchev–Trinajstić information content (AvgIpc) is 2.87. The van der Waals surface area contributed by atoms with Gasteiger partial charge in [0.1, 0.15) is 13.2 Å². The van der Waals surface area contributed by atoms with Crippen molar-refractivity contribution in [2.24, 2.45) is 11.3 Å². The molecule has 35 heavy (non-hydrogen) atoms. The van der Waals surface area contributed by atoms with E-state index in [1.165, 1.54) is 0 Å². The molecule has 1 unspecified atom stereocenters. The molecule has 0 heterocycles. The van der Waals surface area contributed by atoms with Gasteiger partial charge in [-0.15, -0.1) is 0 Å². The van der Waals surface area contributed by atoms with Crippen molar-refractivity contribution in [2.75, 3.05) is 13.2 Å². The van der Waals surface area contributed by atoms with Gasteiger partial charge in [0.2, 0.25) is 0 Å². The Bertz CT molecular complexity index is 916. The second-order valence-corrected chi connectivity index (χ2v) is 7.76. The van der Waals surface area contributed by atoms with E-state index in [0.717, 1.165) is 0 Å². The van der Waals surface area contributed by atoms with E-state index in [4.69, 9.17) is 18.9 Å². The Morgan fingerprint density at radius 3 is 1.54 bits per heavy atom. The third-order valence-electron chi connectivity index (χ3n) is 5.55. The van der Waals surface area contributed by atoms with Gasteiger partial charge < -0.3 is 18.9 Å². The highest BCUT2D eigenvalue weighted by atomic mass is 16.6. The molecule has 8 heteroatoms. The molecule has 0 aromatic heterocycles. The Kier molecular flexibility index (Phi) is 10.9. The van der Waals surface area contributed by atoms with Gasteiger partial charge in [-0.05, 0) is 31.4 Å². The molecular weight excluding hydrogens is 452 g/mol. The van der Waals surface area contributed by atoms with Crippen LogP contribution in [-0.4, -0.2) is 37.1 Å². The zero-order valence-corrected chi connectivity index (χ0v) is 20.4. The summed E-state index contributed by atoms with van der Waals surface area (Å²) in [5.74, 6) is -5.04. The van der Waals surface area contributed by atoms with Gasteiger partial charge in [-0.2, -0.15) is 0 Å². The quantitative estimate of drug-likeness (QED) is 0.239. The molecule has 0 spiro atoms. The van der Waals surface area contributed by atoms with E-state index in [1.807, 2.05) is 12.1 Å². The van der Waals surface area contributed by atoms with Crippen LogP contribution in [0.2, 0.25) is 0 Å². The first kappa shape index (κ1) is 27.6. The molecule has 0 aliphatic carbocycles. The summed E-state index contributed by atoms with van der Waals surface area (Å²) in [7, 11) is 0. The van der Waals surface area contributed by atoms with Crippen LogP contribution < -0.4 is 0 Å². The standard InChI is InChI=1S/C27H32O8/c1-4-27(25(30)34-18-20-13-9-7-10-14-20,26(31)35-19-21-15-11-8-12-16-21)22(24(29)33-6-3)17-23(28)32-5-2/h7-16,22H,4-6,17-19H2,1-3H3. The van der Waals surface area contributed by atoms with Gasteiger partial charge in [-0.25, -0.2) is 0 Å². The summed E-state index contributed by atoms with van der Waals surface area (Å²) in [5, 5.41) is 0. The molecule has 0 saturated carbocycles. The Morgan fingerprint density at radius 1 is 0.686 bits per heavy atom. The van der Waals surface area contributed by atoms with Crippen molar-refractivity contribution in [3.8, 4) is 0 Å². The monoisotopic (exact) mass is 484 g/mol. The topological polar surface area (TPSA) is 105 Å². The van der Waals surface area contributed by atoms with Gasteiger partial charge in [-0.1, -0.05) is 67.6 Å². The van der Waals surface area contributed by atoms with Crippen LogP contribution in [0.15, 0.2) is 60.7 Å². The first-order valence-electron chi connectivity index (χ1n) is 11.6. The SMILES string of the molecule is CCOC(=O)CC(C(=O)OCC)C(CC)(C(=O)OCc1ccccc1)C(=O)OCc1ccccc1. The van der Waals surface area contributed by atoms with Crippen LogP contribution in [0.4, 0.5) is 0 Å². The molecule has 2 rings (SSSR count). The van der Waals surface area contributed by atoms with Crippen LogP contribution >= 0.6 is 0 Å². The Hall–Kier alpha value is -3.68. The van der Waals surface area contributed by atoms with E-state index < -0.39 is 41.6 Å². The highest BCUT2D eigenvalue weighted by molar-refractivity contribution is 6.04. The number of rotatable bonds is 13. The van der Waals surface area contributed by atoms with Crippen LogP contribution in [0, 0.1) is 11.3 Å². The molecule has 0 bridgehead atoms. The third-order valence-corrected chi connectivity index (χ3v) is 5.55. The molecule has 0 fully saturated rings. The van der Waals surface area contributed by atoms with E-state index in [1.54, 1.807) is 69.3 Å². The summed E-state index contributed by atoms with van der Waals surface area (Å²) in [5.41, 5.74) is -0.717. The van der Waals surface area contributed by atoms with Crippen LogP contribution in [0.3, 0.4) is 0 Å². The lowest BCUT2D eigenvalue weighted by atomic mass is 9.71. The number of carbonyl (C=O) groups excluding carboxylic acids is 4. The van der Waals surface area contributed by atoms with Gasteiger partial charge in [0, 0.05) is 0 Å². The molecule has 0 radical (unpaired) electrons. The first-order valence-corrected chi connectivity index (χ1v) is 11.6. The van der Waals surface area contributed by atoms with Crippen molar-refractivity contribution in [1.82, 2.24) is 0 Å². The van der Waals surface area contributed by atoms with Crippen molar-refractivity contribution in [3.63, 3.8) is 0 Å². The molecule has 0 aliphatic rings. The van der Waals surface area contributed by atoms with E-state index >= 15 is 0 Å². The lowest BCUT2D eigenvalue weighted by Gasteiger charge is -2.34. The average molecular weight is 485 g/mol. The van der Waals surface area contributed by atoms with Gasteiger partial charge >= 0.3 is 23.9 Å². The lowest BCUT2D eigenvalue weighted by molar-refractivity contribution is -0.187. The van der Waals surface area contributed by atoms with Crippen molar-refractivity contribution >= 4 is 23.9 Å². The van der Waals surface area contributed by atoms with E-state index in [-0.39, 0.29) is 32.8 Å². The number of hydrogen-bond donors (Lipinski definition) is 0. The zero-order valence-electron chi connectivity index (χ0n) is 20.4. The summed E-state index contributed by atoms with van der Waals surface area (Å²) < 4.78 is 21.2. The van der Waals surface area contributed by atoms with Crippen molar-refractivity contribution < 1.29 is 38.1 Å². The third kappa shape index (κ3) is 7.40. The van der Waals surface area contributed by atoms with E-state index in [2.05, 4.69) is 0 Å². The number of benzene rings is 2. The largest absolute Gasteiger partial charge is 0.466 e. The zero-order chi connectivity index (χ0) is 25.7. The maximum Gasteiger partial charge on any atom is 0.324 e. The van der Waals surface area contributed by atoms with Crippen LogP contribution in [-0.2, 0) is 51.3 Å². The van der Waals surface area contributed by atoms with Crippen molar-refractivity contribution in [1.29, 1.82) is 0 Å². The summed E-state index contributed by atoms with van der Waals surface area (Å²) in [6.45, 7) is 4.59. The second kappa shape index (κ2) is 13.9. The predicted molar refractivity (Wildman–Crippen MR) is 127 cm³/mol. The maximum atomic E-state index is 13.5. The number of esters is 4. The Morgan fingerprint density at radius 2 is 1.14 bits per heavy atom. The van der Waals surface area contributed by atoms with Gasteiger partial charge in [-0.3, -0.25) is 19.2 Å². The summed E-state index contributed by atoms with van der Waals surface area (Å²) >= 11 is 0. The van der Waals surface area contributed by atoms with Crippen molar-refractivity contribution in [2.45, 2.75) is 46.8 Å². The Labute approximate surface area is 205 Å². The van der Waals surface area contributed by atoms with Crippen molar-refractivity contribution in [3.05, 3.63) is 71.8 Å². The minimum atomic E-state index is -2.11. The second-order valence-electron chi connectivity index (χ2n) is 7.76. The van der Waals surface area contributed by atoms with Gasteiger partial charge in [0.25, 0.3) is 0 Å². The summed E-state index contributed by atoms with van der Waals surface area (Å²) in [6.07, 6.45) is -0.696. The number of carbonyl (C=O) groups is 4. The molecule has 1 atom stereocenters. The predicted octanol–water partition coefficient (Wildman–Crippen LogP) is 4.00. The highest BCUT2D eigenvalue weighted by Crippen LogP contribution is 2.39. The molecule has 2 aromatic rings. The number of hydrogen-bond acceptors (Lipinski definition) is 8. The van der Waals surface area contributed by atoms with Crippen LogP contribution in [0.5, 0.6) is 0 Å². The molecule has 2 aromatic carbocycles. The highest BCUT2D eigenvalue weighted by Gasteiger charge is 2.58. The van der Waals surface area contributed by atoms with E-state index in [0.29, 0.717) is 11.1 Å². The molecule has 0 N–H and O–H groups in total. The fourth-order valence-electron chi connectivity index (χ4n) is 3.69. The van der Waals surface area contributed by atoms with Crippen LogP contribution in [0.25, 0.3) is 0 Å². The van der Waals surface area contributed by atoms with Gasteiger partial charge in [0.05, 0.1) is 25.6 Å². The molecule has 0 aliphatic heterocycles. The minimum absolute atomic E-state index is 0.00389. The number of ether oxygens (including phenoxy) is 4.